The van der Waals surface area contributed by atoms with Gasteiger partial charge in [-0.3, -0.25) is 33.6 Å². The molecule has 0 radical (unpaired) electrons. The molecule has 314 valence electrons. The average molecular weight is 805 g/mol. The van der Waals surface area contributed by atoms with E-state index in [0.717, 1.165) is 4.90 Å². The Morgan fingerprint density at radius 3 is 1.82 bits per heavy atom. The van der Waals surface area contributed by atoms with Gasteiger partial charge in [0.05, 0.1) is 25.9 Å². The van der Waals surface area contributed by atoms with E-state index in [1.54, 1.807) is 0 Å². The molecule has 0 saturated carbocycles. The number of aromatic hydroxyl groups is 1. The minimum atomic E-state index is -1.55. The van der Waals surface area contributed by atoms with Crippen LogP contribution in [0.2, 0.25) is 0 Å². The van der Waals surface area contributed by atoms with Crippen LogP contribution >= 0.6 is 0 Å². The fourth-order valence-corrected chi connectivity index (χ4v) is 7.21. The van der Waals surface area contributed by atoms with Gasteiger partial charge in [-0.25, -0.2) is 4.79 Å². The number of aliphatic hydroxyl groups excluding tert-OH is 3. The van der Waals surface area contributed by atoms with E-state index in [0.29, 0.717) is 24.8 Å². The molecule has 1 aromatic carbocycles. The molecular weight excluding hydrogens is 752 g/mol. The summed E-state index contributed by atoms with van der Waals surface area (Å²) in [5.74, 6) is -6.66. The summed E-state index contributed by atoms with van der Waals surface area (Å²) in [6, 6.07) is -3.05. The summed E-state index contributed by atoms with van der Waals surface area (Å²) in [7, 11) is 0. The van der Waals surface area contributed by atoms with Gasteiger partial charge < -0.3 is 67.2 Å². The molecule has 57 heavy (non-hydrogen) atoms. The zero-order valence-corrected chi connectivity index (χ0v) is 31.5. The molecule has 7 amide bonds. The molecule has 21 nitrogen and oxygen atoms in total. The fraction of sp³-hybridized carbons (Fsp3) is 0.611. The molecule has 3 aliphatic heterocycles. The third-order valence-electron chi connectivity index (χ3n) is 10.3. The Labute approximate surface area is 327 Å². The third kappa shape index (κ3) is 11.1. The smallest absolute Gasteiger partial charge is 0.326 e. The van der Waals surface area contributed by atoms with Crippen molar-refractivity contribution in [3.05, 3.63) is 29.8 Å². The van der Waals surface area contributed by atoms with Gasteiger partial charge in [0.25, 0.3) is 0 Å². The number of benzene rings is 1. The normalized spacial score (nSPS) is 21.8. The van der Waals surface area contributed by atoms with Crippen molar-refractivity contribution >= 4 is 47.3 Å². The monoisotopic (exact) mass is 804 g/mol. The second-order valence-electron chi connectivity index (χ2n) is 14.4. The van der Waals surface area contributed by atoms with Crippen molar-refractivity contribution in [1.29, 1.82) is 0 Å². The van der Waals surface area contributed by atoms with Crippen molar-refractivity contribution in [2.75, 3.05) is 39.4 Å². The highest BCUT2D eigenvalue weighted by atomic mass is 16.4. The molecule has 8 atom stereocenters. The lowest BCUT2D eigenvalue weighted by Crippen LogP contribution is -2.60. The standard InChI is InChI=1S/C36H52N8O13/c1-19(47)29(37)32(52)40-22(15-20-8-10-21(48)11-9-20)30(50)38-16-28(49)39-23(17-45)33(53)42-12-2-5-25(42)31(51)41-24(18-46)34(54)43-13-3-6-26(43)35(55)44-14-4-7-27(44)36(56)57/h8-11,19,22-27,29,45-48H,2-7,12-18,37H2,1H3,(H,38,50)(H,39,49)(H,40,52)(H,41,51)(H,56,57)/t19-,22+,23+,24+,25+,26+,27+,29+/m1/s1. The van der Waals surface area contributed by atoms with Crippen molar-refractivity contribution in [2.45, 2.75) is 100 Å². The number of nitrogens with zero attached hydrogens (tertiary/aromatic N) is 3. The number of aliphatic hydroxyl groups is 3. The van der Waals surface area contributed by atoms with E-state index >= 15 is 0 Å². The van der Waals surface area contributed by atoms with Crippen LogP contribution in [0.15, 0.2) is 24.3 Å². The number of phenols is 1. The number of amides is 7. The number of aliphatic carboxylic acids is 1. The summed E-state index contributed by atoms with van der Waals surface area (Å²) in [6.07, 6.45) is 0.673. The Morgan fingerprint density at radius 1 is 0.737 bits per heavy atom. The lowest BCUT2D eigenvalue weighted by Gasteiger charge is -2.33. The van der Waals surface area contributed by atoms with Crippen LogP contribution in [0.3, 0.4) is 0 Å². The van der Waals surface area contributed by atoms with Crippen LogP contribution in [0.4, 0.5) is 0 Å². The summed E-state index contributed by atoms with van der Waals surface area (Å²) >= 11 is 0. The number of carbonyl (C=O) groups is 8. The summed E-state index contributed by atoms with van der Waals surface area (Å²) in [5, 5.41) is 58.6. The van der Waals surface area contributed by atoms with E-state index in [9.17, 15) is 63.9 Å². The maximum Gasteiger partial charge on any atom is 0.326 e. The lowest BCUT2D eigenvalue weighted by atomic mass is 10.0. The van der Waals surface area contributed by atoms with Crippen LogP contribution in [0, 0.1) is 0 Å². The Hall–Kier alpha value is -5.38. The van der Waals surface area contributed by atoms with E-state index in [-0.39, 0.29) is 51.1 Å². The highest BCUT2D eigenvalue weighted by Crippen LogP contribution is 2.26. The molecule has 3 aliphatic rings. The van der Waals surface area contributed by atoms with E-state index in [1.165, 1.54) is 41.0 Å². The molecule has 3 fully saturated rings. The highest BCUT2D eigenvalue weighted by Gasteiger charge is 2.45. The lowest BCUT2D eigenvalue weighted by molar-refractivity contribution is -0.152. The second kappa shape index (κ2) is 20.2. The number of hydrogen-bond acceptors (Lipinski definition) is 13. The van der Waals surface area contributed by atoms with Crippen LogP contribution in [0.25, 0.3) is 0 Å². The number of nitrogens with one attached hydrogen (secondary N) is 4. The van der Waals surface area contributed by atoms with E-state index in [2.05, 4.69) is 21.3 Å². The molecule has 0 unspecified atom stereocenters. The first-order valence-electron chi connectivity index (χ1n) is 18.8. The second-order valence-corrected chi connectivity index (χ2v) is 14.4. The number of rotatable bonds is 17. The van der Waals surface area contributed by atoms with Gasteiger partial charge in [0, 0.05) is 26.1 Å². The maximum atomic E-state index is 13.6. The molecule has 21 heteroatoms. The minimum Gasteiger partial charge on any atom is -0.508 e. The van der Waals surface area contributed by atoms with Gasteiger partial charge in [0.1, 0.15) is 48.0 Å². The number of likely N-dealkylation sites (tertiary alicyclic amines) is 3. The predicted molar refractivity (Wildman–Crippen MR) is 196 cm³/mol. The number of nitrogens with two attached hydrogens (primary N) is 1. The zero-order valence-electron chi connectivity index (χ0n) is 31.5. The predicted octanol–water partition coefficient (Wildman–Crippen LogP) is -4.74. The first-order valence-corrected chi connectivity index (χ1v) is 18.8. The molecule has 0 aliphatic carbocycles. The van der Waals surface area contributed by atoms with Gasteiger partial charge in [0.15, 0.2) is 0 Å². The van der Waals surface area contributed by atoms with E-state index in [1.807, 2.05) is 0 Å². The number of carboxylic acids is 1. The van der Waals surface area contributed by atoms with Gasteiger partial charge in [-0.1, -0.05) is 12.1 Å². The van der Waals surface area contributed by atoms with Gasteiger partial charge in [-0.15, -0.1) is 0 Å². The number of phenolic OH excluding ortho intramolecular Hbond substituents is 1. The summed E-state index contributed by atoms with van der Waals surface area (Å²) in [6.45, 7) is -0.712. The molecule has 4 rings (SSSR count). The molecule has 3 heterocycles. The van der Waals surface area contributed by atoms with Gasteiger partial charge in [-0.2, -0.15) is 0 Å². The van der Waals surface area contributed by atoms with Crippen molar-refractivity contribution in [3.63, 3.8) is 0 Å². The Bertz CT molecular complexity index is 1660. The summed E-state index contributed by atoms with van der Waals surface area (Å²) in [4.78, 5) is 108. The highest BCUT2D eigenvalue weighted by molar-refractivity contribution is 5.97. The van der Waals surface area contributed by atoms with E-state index in [4.69, 9.17) is 5.73 Å². The molecule has 0 aromatic heterocycles. The summed E-state index contributed by atoms with van der Waals surface area (Å²) < 4.78 is 0. The number of carboxylic acid groups (broad SMARTS) is 1. The van der Waals surface area contributed by atoms with Gasteiger partial charge in [-0.05, 0) is 63.1 Å². The number of carbonyl (C=O) groups excluding carboxylic acids is 7. The van der Waals surface area contributed by atoms with Crippen LogP contribution in [0.1, 0.15) is 51.0 Å². The largest absolute Gasteiger partial charge is 0.508 e. The van der Waals surface area contributed by atoms with Crippen LogP contribution in [0.5, 0.6) is 5.75 Å². The van der Waals surface area contributed by atoms with E-state index < -0.39 is 115 Å². The topological polar surface area (TPSA) is 322 Å². The van der Waals surface area contributed by atoms with Crippen LogP contribution < -0.4 is 27.0 Å². The van der Waals surface area contributed by atoms with Crippen molar-refractivity contribution < 1.29 is 63.9 Å². The number of hydrogen-bond donors (Lipinski definition) is 10. The molecule has 1 aromatic rings. The van der Waals surface area contributed by atoms with Crippen LogP contribution in [-0.2, 0) is 44.8 Å². The maximum absolute atomic E-state index is 13.6. The molecule has 3 saturated heterocycles. The first-order chi connectivity index (χ1) is 27.1. The summed E-state index contributed by atoms with van der Waals surface area (Å²) in [5.41, 5.74) is 6.23. The Morgan fingerprint density at radius 2 is 1.26 bits per heavy atom. The molecule has 0 bridgehead atoms. The van der Waals surface area contributed by atoms with Crippen molar-refractivity contribution in [3.8, 4) is 5.75 Å². The minimum absolute atomic E-state index is 0.0349. The third-order valence-corrected chi connectivity index (χ3v) is 10.3. The van der Waals surface area contributed by atoms with Crippen LogP contribution in [-0.4, -0.2) is 175 Å². The quantitative estimate of drug-likeness (QED) is 0.0708. The van der Waals surface area contributed by atoms with Gasteiger partial charge in [0.2, 0.25) is 41.4 Å². The van der Waals surface area contributed by atoms with Crippen molar-refractivity contribution in [2.24, 2.45) is 5.73 Å². The van der Waals surface area contributed by atoms with Crippen molar-refractivity contribution in [1.82, 2.24) is 36.0 Å². The average Bonchev–Trinajstić information content (AvgIpc) is 3.99. The Kier molecular flexibility index (Phi) is 15.7. The zero-order chi connectivity index (χ0) is 42.0. The Balaban J connectivity index is 1.34. The molecule has 11 N–H and O–H groups in total. The fourth-order valence-electron chi connectivity index (χ4n) is 7.21. The SMILES string of the molecule is C[C@@H](O)[C@H](N)C(=O)N[C@@H](Cc1ccc(O)cc1)C(=O)NCC(=O)N[C@@H](CO)C(=O)N1CCC[C@H]1C(=O)N[C@@H](CO)C(=O)N1CCC[C@H]1C(=O)N1CCC[C@H]1C(=O)O. The molecule has 0 spiro atoms. The molecular formula is C36H52N8O13. The van der Waals surface area contributed by atoms with Gasteiger partial charge >= 0.3 is 5.97 Å². The first kappa shape index (κ1) is 44.3.